The summed E-state index contributed by atoms with van der Waals surface area (Å²) >= 11 is 0. The van der Waals surface area contributed by atoms with Crippen LogP contribution in [0.3, 0.4) is 0 Å². The summed E-state index contributed by atoms with van der Waals surface area (Å²) in [7, 11) is -2.77. The number of hydrogen-bond acceptors (Lipinski definition) is 8. The molecule has 1 aromatic carbocycles. The zero-order valence-corrected chi connectivity index (χ0v) is 15.7. The summed E-state index contributed by atoms with van der Waals surface area (Å²) in [6.07, 6.45) is 2.81. The summed E-state index contributed by atoms with van der Waals surface area (Å²) in [5, 5.41) is 16.9. The summed E-state index contributed by atoms with van der Waals surface area (Å²) in [6, 6.07) is 4.13. The largest absolute Gasteiger partial charge is 0.470 e. The van der Waals surface area contributed by atoms with Gasteiger partial charge in [0, 0.05) is 25.1 Å². The van der Waals surface area contributed by atoms with E-state index in [0.29, 0.717) is 19.3 Å². The highest BCUT2D eigenvalue weighted by atomic mass is 32.2. The summed E-state index contributed by atoms with van der Waals surface area (Å²) < 4.78 is 45.4. The Morgan fingerprint density at radius 2 is 2.25 bits per heavy atom. The molecule has 1 fully saturated rings. The molecule has 1 aromatic heterocycles. The van der Waals surface area contributed by atoms with Gasteiger partial charge in [-0.1, -0.05) is 6.07 Å². The minimum absolute atomic E-state index is 0.00731. The lowest BCUT2D eigenvalue weighted by molar-refractivity contribution is 0.0850. The minimum Gasteiger partial charge on any atom is -0.470 e. The third-order valence-corrected chi connectivity index (χ3v) is 5.50. The Hall–Kier alpha value is -2.57. The molecule has 0 radical (unpaired) electrons. The van der Waals surface area contributed by atoms with Gasteiger partial charge in [0.25, 0.3) is 5.88 Å². The number of amidine groups is 1. The second-order valence-electron chi connectivity index (χ2n) is 6.94. The molecule has 1 unspecified atom stereocenters. The van der Waals surface area contributed by atoms with E-state index in [0.717, 1.165) is 11.1 Å². The van der Waals surface area contributed by atoms with Crippen molar-refractivity contribution in [1.82, 2.24) is 20.5 Å². The second-order valence-corrected chi connectivity index (χ2v) is 8.86. The van der Waals surface area contributed by atoms with E-state index in [9.17, 15) is 13.8 Å². The Kier molecular flexibility index (Phi) is 4.77. The van der Waals surface area contributed by atoms with Crippen LogP contribution in [0.15, 0.2) is 27.8 Å². The van der Waals surface area contributed by atoms with Crippen molar-refractivity contribution in [2.45, 2.75) is 37.5 Å². The predicted octanol–water partition coefficient (Wildman–Crippen LogP) is 1.32. The highest BCUT2D eigenvalue weighted by Crippen LogP contribution is 2.37. The topological polar surface area (TPSA) is 146 Å². The van der Waals surface area contributed by atoms with E-state index in [-0.39, 0.29) is 41.4 Å². The van der Waals surface area contributed by atoms with Gasteiger partial charge in [0.05, 0.1) is 6.04 Å². The van der Waals surface area contributed by atoms with Gasteiger partial charge in [-0.15, -0.1) is 0 Å². The molecule has 2 atom stereocenters. The van der Waals surface area contributed by atoms with Gasteiger partial charge in [0.2, 0.25) is 5.69 Å². The molecule has 10 nitrogen and oxygen atoms in total. The standard InChI is InChI=1S/C16H19FN6O4S/c1-28(18,25)23-10-6-11(7-10)26-16-14(21-27-22-16)15(20-24)19-13-4-8-2-3-9(17)5-12(8)13/h2-3,5,10-11,13,24H,4,6-7H2,1H3,(H,19,20)(H2,18,23,25)/t10?,11?,13-,28?/m0/s1. The van der Waals surface area contributed by atoms with Crippen molar-refractivity contribution in [3.63, 3.8) is 0 Å². The van der Waals surface area contributed by atoms with Gasteiger partial charge in [0.1, 0.15) is 21.8 Å². The van der Waals surface area contributed by atoms with Gasteiger partial charge >= 0.3 is 0 Å². The SMILES string of the molecule is CS(=N)(=O)NC1CC(Oc2nonc2C(=N[C@H]2Cc3ccc(F)cc32)NO)C1. The van der Waals surface area contributed by atoms with Crippen molar-refractivity contribution in [2.75, 3.05) is 6.26 Å². The maximum atomic E-state index is 13.4. The van der Waals surface area contributed by atoms with Crippen LogP contribution in [0.5, 0.6) is 5.88 Å². The molecular weight excluding hydrogens is 391 g/mol. The van der Waals surface area contributed by atoms with Crippen LogP contribution in [0.2, 0.25) is 0 Å². The van der Waals surface area contributed by atoms with E-state index < -0.39 is 9.92 Å². The van der Waals surface area contributed by atoms with Crippen LogP contribution in [-0.2, 0) is 16.3 Å². The highest BCUT2D eigenvalue weighted by molar-refractivity contribution is 7.89. The van der Waals surface area contributed by atoms with Crippen LogP contribution in [0.25, 0.3) is 0 Å². The Balaban J connectivity index is 1.44. The monoisotopic (exact) mass is 410 g/mol. The highest BCUT2D eigenvalue weighted by Gasteiger charge is 2.34. The second kappa shape index (κ2) is 7.11. The number of hydroxylamine groups is 1. The summed E-state index contributed by atoms with van der Waals surface area (Å²) in [5.41, 5.74) is 3.82. The quantitative estimate of drug-likeness (QED) is 0.319. The van der Waals surface area contributed by atoms with Gasteiger partial charge < -0.3 is 4.74 Å². The molecule has 2 aromatic rings. The molecular formula is C16H19FN6O4S. The minimum atomic E-state index is -2.77. The summed E-state index contributed by atoms with van der Waals surface area (Å²) in [6.45, 7) is 0. The van der Waals surface area contributed by atoms with Crippen LogP contribution in [0.4, 0.5) is 4.39 Å². The molecule has 2 aliphatic carbocycles. The molecule has 28 heavy (non-hydrogen) atoms. The normalized spacial score (nSPS) is 25.8. The van der Waals surface area contributed by atoms with E-state index in [1.807, 2.05) is 5.48 Å². The zero-order chi connectivity index (χ0) is 19.9. The Bertz CT molecular complexity index is 1020. The van der Waals surface area contributed by atoms with Crippen LogP contribution in [-0.4, -0.2) is 44.0 Å². The van der Waals surface area contributed by atoms with E-state index in [4.69, 9.17) is 14.1 Å². The van der Waals surface area contributed by atoms with Crippen molar-refractivity contribution in [3.8, 4) is 5.88 Å². The fourth-order valence-electron chi connectivity index (χ4n) is 3.30. The van der Waals surface area contributed by atoms with Crippen LogP contribution in [0.1, 0.15) is 35.7 Å². The Labute approximate surface area is 160 Å². The Morgan fingerprint density at radius 3 is 2.96 bits per heavy atom. The maximum absolute atomic E-state index is 13.4. The number of halogens is 1. The molecule has 0 spiro atoms. The number of aromatic nitrogens is 2. The van der Waals surface area contributed by atoms with E-state index in [2.05, 4.69) is 20.0 Å². The smallest absolute Gasteiger partial charge is 0.287 e. The third-order valence-electron chi connectivity index (χ3n) is 4.72. The number of nitrogens with one attached hydrogen (secondary N) is 3. The number of benzene rings is 1. The van der Waals surface area contributed by atoms with Crippen molar-refractivity contribution in [2.24, 2.45) is 4.99 Å². The summed E-state index contributed by atoms with van der Waals surface area (Å²) in [5.74, 6) is -0.278. The third kappa shape index (κ3) is 3.84. The van der Waals surface area contributed by atoms with Gasteiger partial charge in [-0.2, -0.15) is 0 Å². The number of rotatable bonds is 6. The molecule has 2 aliphatic rings. The maximum Gasteiger partial charge on any atom is 0.287 e. The number of nitrogens with zero attached hydrogens (tertiary/aromatic N) is 3. The van der Waals surface area contributed by atoms with Crippen molar-refractivity contribution < 1.29 is 23.2 Å². The number of hydrogen-bond donors (Lipinski definition) is 4. The lowest BCUT2D eigenvalue weighted by atomic mass is 9.83. The van der Waals surface area contributed by atoms with E-state index in [1.54, 1.807) is 6.07 Å². The molecule has 150 valence electrons. The molecule has 1 heterocycles. The van der Waals surface area contributed by atoms with Crippen LogP contribution >= 0.6 is 0 Å². The number of aliphatic imine (C=N–C) groups is 1. The first-order valence-electron chi connectivity index (χ1n) is 8.59. The lowest BCUT2D eigenvalue weighted by Crippen LogP contribution is -2.48. The lowest BCUT2D eigenvalue weighted by Gasteiger charge is -2.35. The molecule has 12 heteroatoms. The van der Waals surface area contributed by atoms with Crippen molar-refractivity contribution in [1.29, 1.82) is 4.78 Å². The van der Waals surface area contributed by atoms with E-state index in [1.165, 1.54) is 18.4 Å². The number of ether oxygens (including phenoxy) is 1. The van der Waals surface area contributed by atoms with Gasteiger partial charge in [-0.05, 0) is 40.0 Å². The molecule has 0 amide bonds. The molecule has 4 N–H and O–H groups in total. The number of fused-ring (bicyclic) bond motifs is 1. The van der Waals surface area contributed by atoms with E-state index >= 15 is 0 Å². The molecule has 1 saturated carbocycles. The van der Waals surface area contributed by atoms with Crippen molar-refractivity contribution in [3.05, 3.63) is 40.8 Å². The first kappa shape index (κ1) is 18.8. The Morgan fingerprint density at radius 1 is 1.46 bits per heavy atom. The van der Waals surface area contributed by atoms with Crippen LogP contribution < -0.4 is 14.9 Å². The molecule has 0 aliphatic heterocycles. The average Bonchev–Trinajstić information content (AvgIpc) is 3.03. The zero-order valence-electron chi connectivity index (χ0n) is 14.9. The fourth-order valence-corrected chi connectivity index (χ4v) is 4.13. The summed E-state index contributed by atoms with van der Waals surface area (Å²) in [4.78, 5) is 4.37. The van der Waals surface area contributed by atoms with Crippen LogP contribution in [0, 0.1) is 10.6 Å². The van der Waals surface area contributed by atoms with Gasteiger partial charge in [-0.3, -0.25) is 15.7 Å². The average molecular weight is 410 g/mol. The van der Waals surface area contributed by atoms with Crippen molar-refractivity contribution >= 4 is 15.8 Å². The molecule has 0 bridgehead atoms. The van der Waals surface area contributed by atoms with Gasteiger partial charge in [-0.25, -0.2) is 22.7 Å². The molecule has 0 saturated heterocycles. The first-order valence-corrected chi connectivity index (χ1v) is 10.6. The fraction of sp³-hybridized carbons (Fsp3) is 0.438. The first-order chi connectivity index (χ1) is 13.3. The van der Waals surface area contributed by atoms with Gasteiger partial charge in [0.15, 0.2) is 5.84 Å². The molecule has 4 rings (SSSR count). The predicted molar refractivity (Wildman–Crippen MR) is 96.0 cm³/mol.